The van der Waals surface area contributed by atoms with Crippen molar-refractivity contribution in [1.82, 2.24) is 4.90 Å². The lowest BCUT2D eigenvalue weighted by Crippen LogP contribution is -2.62. The van der Waals surface area contributed by atoms with E-state index >= 15 is 0 Å². The molecule has 1 N–H and O–H groups in total. The number of hydrogen-bond acceptors (Lipinski definition) is 3. The van der Waals surface area contributed by atoms with Gasteiger partial charge in [-0.05, 0) is 29.8 Å². The Kier molecular flexibility index (Phi) is 3.97. The molecule has 1 aliphatic rings. The van der Waals surface area contributed by atoms with Crippen molar-refractivity contribution in [2.24, 2.45) is 0 Å². The van der Waals surface area contributed by atoms with E-state index in [1.807, 2.05) is 6.07 Å². The molecule has 0 aromatic heterocycles. The summed E-state index contributed by atoms with van der Waals surface area (Å²) in [5.41, 5.74) is 0.633. The van der Waals surface area contributed by atoms with Gasteiger partial charge < -0.3 is 14.7 Å². The first-order valence-electron chi connectivity index (χ1n) is 7.05. The number of likely N-dealkylation sites (tertiary alicyclic amines) is 1. The highest BCUT2D eigenvalue weighted by molar-refractivity contribution is 5.92. The van der Waals surface area contributed by atoms with Crippen molar-refractivity contribution < 1.29 is 23.8 Å². The number of ether oxygens (including phenoxy) is 1. The minimum absolute atomic E-state index is 0.398. The van der Waals surface area contributed by atoms with Crippen molar-refractivity contribution >= 4 is 11.9 Å². The quantitative estimate of drug-likeness (QED) is 0.859. The maximum absolute atomic E-state index is 13.1. The normalized spacial score (nSPS) is 20.0. The summed E-state index contributed by atoms with van der Waals surface area (Å²) >= 11 is 0. The van der Waals surface area contributed by atoms with Crippen LogP contribution in [0.15, 0.2) is 54.6 Å². The smallest absolute Gasteiger partial charge is 0.323 e. The minimum Gasteiger partial charge on any atom is -0.480 e. The molecule has 1 heterocycles. The number of benzene rings is 2. The summed E-state index contributed by atoms with van der Waals surface area (Å²) in [5.74, 6) is -1.38. The van der Waals surface area contributed by atoms with E-state index in [4.69, 9.17) is 9.84 Å². The molecule has 3 rings (SSSR count). The number of para-hydroxylation sites is 1. The number of rotatable bonds is 5. The van der Waals surface area contributed by atoms with Crippen LogP contribution in [0, 0.1) is 5.82 Å². The number of nitrogens with zero attached hydrogens (tertiary/aromatic N) is 1. The van der Waals surface area contributed by atoms with Crippen LogP contribution in [0.4, 0.5) is 4.39 Å². The molecule has 0 bridgehead atoms. The molecule has 1 aliphatic heterocycles. The molecule has 23 heavy (non-hydrogen) atoms. The summed E-state index contributed by atoms with van der Waals surface area (Å²) in [4.78, 5) is 24.4. The molecule has 0 saturated carbocycles. The summed E-state index contributed by atoms with van der Waals surface area (Å²) < 4.78 is 18.8. The molecule has 2 unspecified atom stereocenters. The number of carbonyl (C=O) groups is 2. The van der Waals surface area contributed by atoms with E-state index < -0.39 is 36.4 Å². The fourth-order valence-electron chi connectivity index (χ4n) is 2.61. The van der Waals surface area contributed by atoms with Gasteiger partial charge in [0.1, 0.15) is 24.2 Å². The van der Waals surface area contributed by atoms with Crippen LogP contribution in [0.1, 0.15) is 11.6 Å². The molecule has 2 atom stereocenters. The van der Waals surface area contributed by atoms with Crippen molar-refractivity contribution in [3.63, 3.8) is 0 Å². The monoisotopic (exact) mass is 315 g/mol. The lowest BCUT2D eigenvalue weighted by Gasteiger charge is -2.45. The molecule has 0 aliphatic carbocycles. The third kappa shape index (κ3) is 3.01. The number of carboxylic acids is 1. The topological polar surface area (TPSA) is 66.8 Å². The van der Waals surface area contributed by atoms with Gasteiger partial charge in [0.2, 0.25) is 6.10 Å². The Hall–Kier alpha value is -2.89. The van der Waals surface area contributed by atoms with Crippen molar-refractivity contribution in [2.45, 2.75) is 12.1 Å². The fraction of sp³-hybridized carbons (Fsp3) is 0.176. The van der Waals surface area contributed by atoms with Crippen LogP contribution in [0.25, 0.3) is 0 Å². The molecule has 0 radical (unpaired) electrons. The zero-order valence-electron chi connectivity index (χ0n) is 12.1. The van der Waals surface area contributed by atoms with Gasteiger partial charge in [0, 0.05) is 0 Å². The lowest BCUT2D eigenvalue weighted by atomic mass is 9.90. The van der Waals surface area contributed by atoms with Gasteiger partial charge >= 0.3 is 5.97 Å². The first-order valence-corrected chi connectivity index (χ1v) is 7.05. The fourth-order valence-corrected chi connectivity index (χ4v) is 2.61. The summed E-state index contributed by atoms with van der Waals surface area (Å²) in [6, 6.07) is 13.9. The maximum Gasteiger partial charge on any atom is 0.323 e. The van der Waals surface area contributed by atoms with Crippen molar-refractivity contribution in [2.75, 3.05) is 6.54 Å². The average molecular weight is 315 g/mol. The van der Waals surface area contributed by atoms with E-state index in [-0.39, 0.29) is 0 Å². The molecule has 1 amide bonds. The lowest BCUT2D eigenvalue weighted by molar-refractivity contribution is -0.169. The highest BCUT2D eigenvalue weighted by Crippen LogP contribution is 2.37. The summed E-state index contributed by atoms with van der Waals surface area (Å²) in [6.45, 7) is -0.421. The van der Waals surface area contributed by atoms with E-state index in [1.54, 1.807) is 24.3 Å². The van der Waals surface area contributed by atoms with Crippen molar-refractivity contribution in [3.8, 4) is 5.75 Å². The Morgan fingerprint density at radius 2 is 1.78 bits per heavy atom. The first-order chi connectivity index (χ1) is 11.1. The molecule has 1 saturated heterocycles. The van der Waals surface area contributed by atoms with Gasteiger partial charge in [-0.15, -0.1) is 0 Å². The van der Waals surface area contributed by atoms with Gasteiger partial charge in [0.15, 0.2) is 0 Å². The van der Waals surface area contributed by atoms with Crippen molar-refractivity contribution in [1.29, 1.82) is 0 Å². The predicted molar refractivity (Wildman–Crippen MR) is 79.3 cm³/mol. The Bertz CT molecular complexity index is 717. The molecular formula is C17H14FNO4. The van der Waals surface area contributed by atoms with Gasteiger partial charge in [-0.1, -0.05) is 30.3 Å². The van der Waals surface area contributed by atoms with Crippen molar-refractivity contribution in [3.05, 3.63) is 66.0 Å². The highest BCUT2D eigenvalue weighted by Gasteiger charge is 2.50. The Morgan fingerprint density at radius 3 is 2.39 bits per heavy atom. The number of aliphatic carboxylic acids is 1. The summed E-state index contributed by atoms with van der Waals surface area (Å²) in [7, 11) is 0. The van der Waals surface area contributed by atoms with Crippen LogP contribution >= 0.6 is 0 Å². The van der Waals surface area contributed by atoms with Crippen LogP contribution in [0.2, 0.25) is 0 Å². The Balaban J connectivity index is 1.86. The largest absolute Gasteiger partial charge is 0.480 e. The van der Waals surface area contributed by atoms with Crippen LogP contribution in [-0.2, 0) is 9.59 Å². The van der Waals surface area contributed by atoms with Gasteiger partial charge in [-0.3, -0.25) is 9.59 Å². The highest BCUT2D eigenvalue weighted by atomic mass is 19.1. The Labute approximate surface area is 131 Å². The van der Waals surface area contributed by atoms with Crippen LogP contribution in [0.5, 0.6) is 5.75 Å². The predicted octanol–water partition coefficient (Wildman–Crippen LogP) is 2.24. The molecule has 5 nitrogen and oxygen atoms in total. The molecular weight excluding hydrogens is 301 g/mol. The molecule has 2 aromatic rings. The average Bonchev–Trinajstić information content (AvgIpc) is 2.55. The van der Waals surface area contributed by atoms with E-state index in [1.165, 1.54) is 29.2 Å². The van der Waals surface area contributed by atoms with Gasteiger partial charge in [0.05, 0.1) is 0 Å². The number of amides is 1. The SMILES string of the molecule is O=C(O)CN1C(=O)C(Oc2ccccc2)C1c1ccc(F)cc1. The number of hydrogen-bond donors (Lipinski definition) is 1. The maximum atomic E-state index is 13.1. The third-order valence-corrected chi connectivity index (χ3v) is 3.67. The second kappa shape index (κ2) is 6.08. The minimum atomic E-state index is -1.11. The van der Waals surface area contributed by atoms with Crippen LogP contribution in [-0.4, -0.2) is 34.5 Å². The molecule has 0 spiro atoms. The van der Waals surface area contributed by atoms with Gasteiger partial charge in [-0.25, -0.2) is 4.39 Å². The number of β-lactam (4-membered cyclic amide) rings is 1. The van der Waals surface area contributed by atoms with Gasteiger partial charge in [0.25, 0.3) is 5.91 Å². The number of carboxylic acid groups (broad SMARTS) is 1. The zero-order chi connectivity index (χ0) is 16.4. The molecule has 118 valence electrons. The second-order valence-corrected chi connectivity index (χ2v) is 5.21. The third-order valence-electron chi connectivity index (χ3n) is 3.67. The zero-order valence-corrected chi connectivity index (χ0v) is 12.1. The molecule has 2 aromatic carbocycles. The number of carbonyl (C=O) groups excluding carboxylic acids is 1. The first kappa shape index (κ1) is 15.0. The summed E-state index contributed by atoms with van der Waals surface area (Å²) in [6.07, 6.45) is -0.817. The molecule has 1 fully saturated rings. The van der Waals surface area contributed by atoms with E-state index in [9.17, 15) is 14.0 Å². The second-order valence-electron chi connectivity index (χ2n) is 5.21. The van der Waals surface area contributed by atoms with Gasteiger partial charge in [-0.2, -0.15) is 0 Å². The van der Waals surface area contributed by atoms with E-state index in [2.05, 4.69) is 0 Å². The number of halogens is 1. The standard InChI is InChI=1S/C17H14FNO4/c18-12-8-6-11(7-9-12)15-16(17(22)19(15)10-14(20)21)23-13-4-2-1-3-5-13/h1-9,15-16H,10H2,(H,20,21). The van der Waals surface area contributed by atoms with Crippen LogP contribution in [0.3, 0.4) is 0 Å². The van der Waals surface area contributed by atoms with E-state index in [0.29, 0.717) is 11.3 Å². The van der Waals surface area contributed by atoms with E-state index in [0.717, 1.165) is 0 Å². The Morgan fingerprint density at radius 1 is 1.13 bits per heavy atom. The van der Waals surface area contributed by atoms with Crippen LogP contribution < -0.4 is 4.74 Å². The summed E-state index contributed by atoms with van der Waals surface area (Å²) in [5, 5.41) is 8.96. The molecule has 6 heteroatoms.